The first kappa shape index (κ1) is 13.0. The molecule has 2 atom stereocenters. The van der Waals surface area contributed by atoms with Crippen LogP contribution in [0.1, 0.15) is 13.3 Å². The minimum absolute atomic E-state index is 0.0419. The lowest BCUT2D eigenvalue weighted by Crippen LogP contribution is -2.38. The summed E-state index contributed by atoms with van der Waals surface area (Å²) in [7, 11) is -3.39. The Balaban J connectivity index is 2.34. The van der Waals surface area contributed by atoms with Crippen LogP contribution in [-0.2, 0) is 10.0 Å². The molecule has 0 aliphatic carbocycles. The van der Waals surface area contributed by atoms with Crippen molar-refractivity contribution in [3.63, 3.8) is 0 Å². The number of hydrogen-bond acceptors (Lipinski definition) is 3. The summed E-state index contributed by atoms with van der Waals surface area (Å²) in [5.74, 6) is 0.390. The second kappa shape index (κ2) is 5.04. The van der Waals surface area contributed by atoms with Crippen LogP contribution in [0, 0.1) is 5.92 Å². The maximum atomic E-state index is 12.4. The van der Waals surface area contributed by atoms with Crippen LogP contribution in [0.4, 0.5) is 0 Å². The number of nitrogens with zero attached hydrogens (tertiary/aromatic N) is 2. The molecule has 1 aliphatic rings. The van der Waals surface area contributed by atoms with Gasteiger partial charge in [0.15, 0.2) is 0 Å². The average molecular weight is 319 g/mol. The average Bonchev–Trinajstić information content (AvgIpc) is 2.72. The molecule has 6 heteroatoms. The first-order valence-electron chi connectivity index (χ1n) is 5.55. The van der Waals surface area contributed by atoms with E-state index in [1.54, 1.807) is 22.6 Å². The summed E-state index contributed by atoms with van der Waals surface area (Å²) in [6.45, 7) is 2.68. The molecule has 1 aromatic heterocycles. The van der Waals surface area contributed by atoms with Crippen LogP contribution in [-0.4, -0.2) is 35.6 Å². The van der Waals surface area contributed by atoms with E-state index in [9.17, 15) is 8.42 Å². The minimum Gasteiger partial charge on any atom is -0.263 e. The highest BCUT2D eigenvalue weighted by Crippen LogP contribution is 2.30. The van der Waals surface area contributed by atoms with E-state index in [1.165, 1.54) is 6.20 Å². The first-order chi connectivity index (χ1) is 8.07. The van der Waals surface area contributed by atoms with E-state index >= 15 is 0 Å². The summed E-state index contributed by atoms with van der Waals surface area (Å²) in [6, 6.07) is 3.28. The molecule has 0 bridgehead atoms. The third-order valence-corrected chi connectivity index (χ3v) is 5.80. The van der Waals surface area contributed by atoms with Gasteiger partial charge in [0, 0.05) is 30.3 Å². The number of rotatable bonds is 3. The van der Waals surface area contributed by atoms with Gasteiger partial charge in [-0.1, -0.05) is 22.9 Å². The topological polar surface area (TPSA) is 50.3 Å². The van der Waals surface area contributed by atoms with Gasteiger partial charge in [-0.15, -0.1) is 0 Å². The second-order valence-electron chi connectivity index (χ2n) is 4.29. The predicted octanol–water partition coefficient (Wildman–Crippen LogP) is 1.88. The lowest BCUT2D eigenvalue weighted by Gasteiger charge is -2.24. The molecule has 0 saturated carbocycles. The van der Waals surface area contributed by atoms with Crippen LogP contribution in [0.2, 0.25) is 0 Å². The molecular weight excluding hydrogens is 304 g/mol. The minimum atomic E-state index is -3.39. The van der Waals surface area contributed by atoms with Crippen molar-refractivity contribution in [1.82, 2.24) is 9.29 Å². The molecule has 0 radical (unpaired) electrons. The van der Waals surface area contributed by atoms with Crippen LogP contribution in [0.25, 0.3) is 0 Å². The maximum Gasteiger partial charge on any atom is 0.244 e. The molecular formula is C11H15BrN2O2S. The number of alkyl halides is 1. The highest BCUT2D eigenvalue weighted by molar-refractivity contribution is 9.09. The number of hydrogen-bond donors (Lipinski definition) is 0. The monoisotopic (exact) mass is 318 g/mol. The molecule has 0 N–H and O–H groups in total. The van der Waals surface area contributed by atoms with Crippen LogP contribution in [0.5, 0.6) is 0 Å². The third-order valence-electron chi connectivity index (χ3n) is 3.23. The Kier molecular flexibility index (Phi) is 3.85. The van der Waals surface area contributed by atoms with Gasteiger partial charge in [0.2, 0.25) is 10.0 Å². The molecule has 2 heterocycles. The van der Waals surface area contributed by atoms with Crippen molar-refractivity contribution in [2.75, 3.05) is 11.9 Å². The molecule has 4 nitrogen and oxygen atoms in total. The van der Waals surface area contributed by atoms with E-state index in [0.717, 1.165) is 6.42 Å². The summed E-state index contributed by atoms with van der Waals surface area (Å²) >= 11 is 3.40. The van der Waals surface area contributed by atoms with Gasteiger partial charge in [-0.25, -0.2) is 8.42 Å². The fourth-order valence-corrected chi connectivity index (χ4v) is 5.01. The molecule has 1 saturated heterocycles. The summed E-state index contributed by atoms with van der Waals surface area (Å²) in [4.78, 5) is 4.15. The van der Waals surface area contributed by atoms with Crippen molar-refractivity contribution in [3.8, 4) is 0 Å². The standard InChI is InChI=1S/C11H15BrN2O2S/c1-9-4-6-14(11(9)7-12)17(15,16)10-3-2-5-13-8-10/h2-3,5,8-9,11H,4,6-7H2,1H3. The van der Waals surface area contributed by atoms with Crippen molar-refractivity contribution in [2.24, 2.45) is 5.92 Å². The molecule has 0 amide bonds. The molecule has 0 aromatic carbocycles. The number of sulfonamides is 1. The van der Waals surface area contributed by atoms with E-state index in [-0.39, 0.29) is 10.9 Å². The van der Waals surface area contributed by atoms with Crippen LogP contribution >= 0.6 is 15.9 Å². The van der Waals surface area contributed by atoms with Crippen molar-refractivity contribution < 1.29 is 8.42 Å². The number of aromatic nitrogens is 1. The highest BCUT2D eigenvalue weighted by atomic mass is 79.9. The largest absolute Gasteiger partial charge is 0.263 e. The molecule has 2 rings (SSSR count). The fourth-order valence-electron chi connectivity index (χ4n) is 2.14. The second-order valence-corrected chi connectivity index (χ2v) is 6.83. The lowest BCUT2D eigenvalue weighted by molar-refractivity contribution is 0.378. The Labute approximate surface area is 110 Å². The van der Waals surface area contributed by atoms with Gasteiger partial charge >= 0.3 is 0 Å². The van der Waals surface area contributed by atoms with E-state index in [4.69, 9.17) is 0 Å². The number of halogens is 1. The zero-order chi connectivity index (χ0) is 12.5. The summed E-state index contributed by atoms with van der Waals surface area (Å²) < 4.78 is 26.4. The molecule has 1 aromatic rings. The van der Waals surface area contributed by atoms with Gasteiger partial charge in [0.05, 0.1) is 0 Å². The van der Waals surface area contributed by atoms with Gasteiger partial charge in [-0.05, 0) is 24.5 Å². The summed E-state index contributed by atoms with van der Waals surface area (Å²) in [5.41, 5.74) is 0. The Morgan fingerprint density at radius 3 is 2.94 bits per heavy atom. The van der Waals surface area contributed by atoms with Crippen LogP contribution < -0.4 is 0 Å². The van der Waals surface area contributed by atoms with Crippen molar-refractivity contribution in [2.45, 2.75) is 24.3 Å². The summed E-state index contributed by atoms with van der Waals surface area (Å²) in [5, 5.41) is 0.674. The Bertz CT molecular complexity index is 478. The molecule has 94 valence electrons. The van der Waals surface area contributed by atoms with E-state index < -0.39 is 10.0 Å². The van der Waals surface area contributed by atoms with Gasteiger partial charge in [0.1, 0.15) is 4.90 Å². The maximum absolute atomic E-state index is 12.4. The molecule has 1 aliphatic heterocycles. The molecule has 0 spiro atoms. The Morgan fingerprint density at radius 1 is 1.59 bits per heavy atom. The SMILES string of the molecule is CC1CCN(S(=O)(=O)c2cccnc2)C1CBr. The van der Waals surface area contributed by atoms with Crippen molar-refractivity contribution in [1.29, 1.82) is 0 Å². The van der Waals surface area contributed by atoms with Crippen molar-refractivity contribution in [3.05, 3.63) is 24.5 Å². The van der Waals surface area contributed by atoms with Crippen LogP contribution in [0.15, 0.2) is 29.4 Å². The zero-order valence-corrected chi connectivity index (χ0v) is 12.0. The summed E-state index contributed by atoms with van der Waals surface area (Å²) in [6.07, 6.45) is 3.90. The lowest BCUT2D eigenvalue weighted by atomic mass is 10.1. The normalized spacial score (nSPS) is 26.2. The predicted molar refractivity (Wildman–Crippen MR) is 69.5 cm³/mol. The van der Waals surface area contributed by atoms with Crippen LogP contribution in [0.3, 0.4) is 0 Å². The number of pyridine rings is 1. The van der Waals surface area contributed by atoms with E-state index in [1.807, 2.05) is 0 Å². The zero-order valence-electron chi connectivity index (χ0n) is 9.58. The molecule has 17 heavy (non-hydrogen) atoms. The van der Waals surface area contributed by atoms with E-state index in [0.29, 0.717) is 17.8 Å². The Hall–Kier alpha value is -0.460. The van der Waals surface area contributed by atoms with Gasteiger partial charge in [-0.3, -0.25) is 4.98 Å². The van der Waals surface area contributed by atoms with Crippen molar-refractivity contribution >= 4 is 26.0 Å². The smallest absolute Gasteiger partial charge is 0.244 e. The first-order valence-corrected chi connectivity index (χ1v) is 8.11. The fraction of sp³-hybridized carbons (Fsp3) is 0.545. The quantitative estimate of drug-likeness (QED) is 0.799. The molecule has 2 unspecified atom stereocenters. The van der Waals surface area contributed by atoms with Gasteiger partial charge in [0.25, 0.3) is 0 Å². The van der Waals surface area contributed by atoms with E-state index in [2.05, 4.69) is 27.8 Å². The van der Waals surface area contributed by atoms with Gasteiger partial charge < -0.3 is 0 Å². The highest BCUT2D eigenvalue weighted by Gasteiger charge is 2.38. The Morgan fingerprint density at radius 2 is 2.35 bits per heavy atom. The van der Waals surface area contributed by atoms with Gasteiger partial charge in [-0.2, -0.15) is 4.31 Å². The third kappa shape index (κ3) is 2.39. The molecule has 1 fully saturated rings.